The topological polar surface area (TPSA) is 18.5 Å². The highest BCUT2D eigenvalue weighted by Gasteiger charge is 2.15. The van der Waals surface area contributed by atoms with Gasteiger partial charge in [-0.2, -0.15) is 11.3 Å². The number of fused-ring (bicyclic) bond motifs is 1. The van der Waals surface area contributed by atoms with Crippen molar-refractivity contribution in [3.05, 3.63) is 28.5 Å². The summed E-state index contributed by atoms with van der Waals surface area (Å²) in [6, 6.07) is 4.15. The van der Waals surface area contributed by atoms with E-state index in [0.717, 1.165) is 5.75 Å². The molecule has 0 aromatic rings. The first kappa shape index (κ1) is 9.49. The summed E-state index contributed by atoms with van der Waals surface area (Å²) in [6.07, 6.45) is 0. The number of methoxy groups -OCH3 is 2. The summed E-state index contributed by atoms with van der Waals surface area (Å²) < 4.78 is 10.4. The quantitative estimate of drug-likeness (QED) is 0.772. The van der Waals surface area contributed by atoms with Gasteiger partial charge in [-0.05, 0) is 28.6 Å². The van der Waals surface area contributed by atoms with Crippen molar-refractivity contribution in [1.82, 2.24) is 0 Å². The largest absolute Gasteiger partial charge is 0.496 e. The van der Waals surface area contributed by atoms with Gasteiger partial charge in [0.15, 0.2) is 0 Å². The Morgan fingerprint density at radius 2 is 2.14 bits per heavy atom. The molecule has 0 fully saturated rings. The minimum absolute atomic E-state index is 0.633. The van der Waals surface area contributed by atoms with Crippen LogP contribution in [0.15, 0.2) is 22.9 Å². The van der Waals surface area contributed by atoms with Crippen LogP contribution in [-0.4, -0.2) is 14.2 Å². The Hall–Kier alpha value is -1.06. The maximum Gasteiger partial charge on any atom is 0.127 e. The summed E-state index contributed by atoms with van der Waals surface area (Å²) in [5.41, 5.74) is 3.58. The van der Waals surface area contributed by atoms with E-state index in [1.165, 1.54) is 16.7 Å². The number of ether oxygens (including phenoxy) is 2. The summed E-state index contributed by atoms with van der Waals surface area (Å²) in [4.78, 5) is 0. The molecule has 0 radical (unpaired) electrons. The van der Waals surface area contributed by atoms with E-state index in [0.29, 0.717) is 6.61 Å². The molecule has 74 valence electrons. The lowest BCUT2D eigenvalue weighted by molar-refractivity contribution is 0.185. The summed E-state index contributed by atoms with van der Waals surface area (Å²) in [5, 5.41) is 4.17. The predicted molar refractivity (Wildman–Crippen MR) is 58.2 cm³/mol. The van der Waals surface area contributed by atoms with Crippen LogP contribution in [0.25, 0.3) is 11.1 Å². The molecule has 0 saturated heterocycles. The molecule has 0 N–H and O–H groups in total. The first-order valence-corrected chi connectivity index (χ1v) is 5.32. The van der Waals surface area contributed by atoms with E-state index in [1.807, 2.05) is 6.07 Å². The lowest BCUT2D eigenvalue weighted by Crippen LogP contribution is -1.85. The number of hydrogen-bond donors (Lipinski definition) is 0. The third-order valence-corrected chi connectivity index (χ3v) is 2.89. The van der Waals surface area contributed by atoms with Crippen LogP contribution in [0.1, 0.15) is 5.56 Å². The van der Waals surface area contributed by atoms with Crippen LogP contribution in [0.2, 0.25) is 0 Å². The molecule has 1 aliphatic carbocycles. The normalized spacial score (nSPS) is 10.7. The van der Waals surface area contributed by atoms with Gasteiger partial charge in [0, 0.05) is 18.1 Å². The molecule has 0 aromatic carbocycles. The average molecular weight is 208 g/mol. The van der Waals surface area contributed by atoms with Crippen molar-refractivity contribution < 1.29 is 9.47 Å². The van der Waals surface area contributed by atoms with Crippen molar-refractivity contribution in [1.29, 1.82) is 0 Å². The highest BCUT2D eigenvalue weighted by atomic mass is 32.1. The number of hydrogen-bond acceptors (Lipinski definition) is 3. The Labute approximate surface area is 87.4 Å². The second-order valence-electron chi connectivity index (χ2n) is 3.05. The van der Waals surface area contributed by atoms with E-state index >= 15 is 0 Å². The second kappa shape index (κ2) is 3.98. The zero-order valence-corrected chi connectivity index (χ0v) is 9.06. The van der Waals surface area contributed by atoms with Crippen LogP contribution < -0.4 is 4.74 Å². The van der Waals surface area contributed by atoms with E-state index in [-0.39, 0.29) is 0 Å². The molecule has 2 nitrogen and oxygen atoms in total. The molecule has 0 saturated carbocycles. The summed E-state index contributed by atoms with van der Waals surface area (Å²) in [7, 11) is 3.40. The molecular weight excluding hydrogens is 196 g/mol. The van der Waals surface area contributed by atoms with Gasteiger partial charge in [-0.3, -0.25) is 0 Å². The van der Waals surface area contributed by atoms with Gasteiger partial charge in [-0.1, -0.05) is 0 Å². The maximum absolute atomic E-state index is 5.31. The van der Waals surface area contributed by atoms with Gasteiger partial charge in [0.2, 0.25) is 0 Å². The molecule has 0 spiro atoms. The zero-order chi connectivity index (χ0) is 9.97. The molecule has 0 unspecified atom stereocenters. The van der Waals surface area contributed by atoms with Crippen molar-refractivity contribution in [2.45, 2.75) is 6.61 Å². The zero-order valence-electron chi connectivity index (χ0n) is 8.24. The third-order valence-electron chi connectivity index (χ3n) is 2.23. The van der Waals surface area contributed by atoms with Gasteiger partial charge < -0.3 is 9.47 Å². The van der Waals surface area contributed by atoms with Crippen LogP contribution >= 0.6 is 11.3 Å². The van der Waals surface area contributed by atoms with Crippen LogP contribution in [0, 0.1) is 0 Å². The molecule has 0 bridgehead atoms. The summed E-state index contributed by atoms with van der Waals surface area (Å²) in [5.74, 6) is 0.934. The molecule has 14 heavy (non-hydrogen) atoms. The molecule has 1 heterocycles. The van der Waals surface area contributed by atoms with Crippen molar-refractivity contribution in [2.75, 3.05) is 14.2 Å². The van der Waals surface area contributed by atoms with Crippen molar-refractivity contribution >= 4 is 11.3 Å². The molecule has 2 rings (SSSR count). The van der Waals surface area contributed by atoms with E-state index in [9.17, 15) is 0 Å². The molecule has 2 aliphatic rings. The lowest BCUT2D eigenvalue weighted by Gasteiger charge is -2.02. The molecule has 0 atom stereocenters. The highest BCUT2D eigenvalue weighted by Crippen LogP contribution is 2.38. The first-order chi connectivity index (χ1) is 6.86. The van der Waals surface area contributed by atoms with Gasteiger partial charge in [0.25, 0.3) is 0 Å². The SMILES string of the molecule is COCc1cc(OC)c2csccc1-2. The summed E-state index contributed by atoms with van der Waals surface area (Å²) in [6.45, 7) is 0.633. The van der Waals surface area contributed by atoms with Crippen LogP contribution in [0.3, 0.4) is 0 Å². The summed E-state index contributed by atoms with van der Waals surface area (Å²) >= 11 is 1.67. The van der Waals surface area contributed by atoms with Gasteiger partial charge in [0.1, 0.15) is 5.75 Å². The van der Waals surface area contributed by atoms with Crippen molar-refractivity contribution in [3.8, 4) is 16.9 Å². The number of rotatable bonds is 3. The predicted octanol–water partition coefficient (Wildman–Crippen LogP) is 3.01. The average Bonchev–Trinajstić information content (AvgIpc) is 2.58. The second-order valence-corrected chi connectivity index (χ2v) is 3.84. The van der Waals surface area contributed by atoms with E-state index < -0.39 is 0 Å². The Kier molecular flexibility index (Phi) is 2.70. The minimum Gasteiger partial charge on any atom is -0.496 e. The lowest BCUT2D eigenvalue weighted by atomic mass is 10.1. The van der Waals surface area contributed by atoms with E-state index in [4.69, 9.17) is 9.47 Å². The Balaban J connectivity index is 2.52. The Morgan fingerprint density at radius 3 is 2.86 bits per heavy atom. The van der Waals surface area contributed by atoms with Gasteiger partial charge in [-0.15, -0.1) is 0 Å². The Bertz CT molecular complexity index is 395. The maximum atomic E-state index is 5.31. The smallest absolute Gasteiger partial charge is 0.127 e. The third kappa shape index (κ3) is 1.49. The van der Waals surface area contributed by atoms with Gasteiger partial charge in [0.05, 0.1) is 13.7 Å². The van der Waals surface area contributed by atoms with E-state index in [1.54, 1.807) is 25.6 Å². The molecule has 1 aliphatic heterocycles. The fraction of sp³-hybridized carbons (Fsp3) is 0.273. The standard InChI is InChI=1S/C11H12O2S/c1-12-6-8-5-11(13-2)10-7-14-4-3-9(8)10/h3-5,7H,6H2,1-2H3. The van der Waals surface area contributed by atoms with Crippen LogP contribution in [-0.2, 0) is 11.3 Å². The molecular formula is C11H12O2S. The van der Waals surface area contributed by atoms with Crippen molar-refractivity contribution in [2.24, 2.45) is 0 Å². The Morgan fingerprint density at radius 1 is 1.29 bits per heavy atom. The first-order valence-electron chi connectivity index (χ1n) is 4.37. The van der Waals surface area contributed by atoms with Gasteiger partial charge >= 0.3 is 0 Å². The fourth-order valence-corrected chi connectivity index (χ4v) is 2.27. The van der Waals surface area contributed by atoms with Crippen LogP contribution in [0.5, 0.6) is 5.75 Å². The van der Waals surface area contributed by atoms with Gasteiger partial charge in [-0.25, -0.2) is 0 Å². The fourth-order valence-electron chi connectivity index (χ4n) is 1.60. The monoisotopic (exact) mass is 208 g/mol. The minimum atomic E-state index is 0.633. The van der Waals surface area contributed by atoms with E-state index in [2.05, 4.69) is 16.8 Å². The molecule has 0 amide bonds. The van der Waals surface area contributed by atoms with Crippen LogP contribution in [0.4, 0.5) is 0 Å². The molecule has 3 heteroatoms. The van der Waals surface area contributed by atoms with Crippen molar-refractivity contribution in [3.63, 3.8) is 0 Å². The molecule has 0 aromatic heterocycles. The highest BCUT2D eigenvalue weighted by molar-refractivity contribution is 7.08.